The number of rotatable bonds is 2. The van der Waals surface area contributed by atoms with Gasteiger partial charge in [0.15, 0.2) is 6.10 Å². The molecule has 0 aromatic heterocycles. The largest absolute Gasteiger partial charge is 0.365 e. The van der Waals surface area contributed by atoms with Crippen molar-refractivity contribution in [3.63, 3.8) is 0 Å². The van der Waals surface area contributed by atoms with E-state index in [9.17, 15) is 9.59 Å². The number of halogens is 1. The standard InChI is InChI=1S/C16H17ClN2O3/c1-2-15(20)18-6-7-22-14(10-18)16(21)19-8-11-4-3-5-13(17)12(11)9-19/h2-5,14H,1,6-10H2. The molecule has 2 aliphatic heterocycles. The second kappa shape index (κ2) is 6.10. The fourth-order valence-electron chi connectivity index (χ4n) is 2.87. The molecule has 2 aliphatic rings. The van der Waals surface area contributed by atoms with E-state index in [1.54, 1.807) is 9.80 Å². The van der Waals surface area contributed by atoms with Crippen LogP contribution in [-0.4, -0.2) is 47.4 Å². The summed E-state index contributed by atoms with van der Waals surface area (Å²) in [5, 5.41) is 0.681. The Morgan fingerprint density at radius 1 is 1.32 bits per heavy atom. The zero-order valence-electron chi connectivity index (χ0n) is 12.1. The number of hydrogen-bond donors (Lipinski definition) is 0. The number of amides is 2. The van der Waals surface area contributed by atoms with Gasteiger partial charge in [-0.1, -0.05) is 30.3 Å². The average Bonchev–Trinajstić information content (AvgIpc) is 2.99. The molecule has 5 nitrogen and oxygen atoms in total. The third-order valence-corrected chi connectivity index (χ3v) is 4.42. The maximum atomic E-state index is 12.6. The van der Waals surface area contributed by atoms with Crippen LogP contribution in [-0.2, 0) is 27.4 Å². The van der Waals surface area contributed by atoms with E-state index in [0.717, 1.165) is 11.1 Å². The van der Waals surface area contributed by atoms with Gasteiger partial charge in [-0.25, -0.2) is 0 Å². The first-order chi connectivity index (χ1) is 10.6. The highest BCUT2D eigenvalue weighted by molar-refractivity contribution is 6.31. The van der Waals surface area contributed by atoms with Crippen LogP contribution in [0.4, 0.5) is 0 Å². The van der Waals surface area contributed by atoms with Crippen LogP contribution in [0.2, 0.25) is 5.02 Å². The van der Waals surface area contributed by atoms with E-state index in [-0.39, 0.29) is 18.4 Å². The molecular formula is C16H17ClN2O3. The SMILES string of the molecule is C=CC(=O)N1CCOC(C(=O)N2Cc3cccc(Cl)c3C2)C1. The summed E-state index contributed by atoms with van der Waals surface area (Å²) in [4.78, 5) is 27.6. The molecule has 22 heavy (non-hydrogen) atoms. The van der Waals surface area contributed by atoms with Gasteiger partial charge in [0.25, 0.3) is 5.91 Å². The van der Waals surface area contributed by atoms with Crippen molar-refractivity contribution >= 4 is 23.4 Å². The molecule has 0 spiro atoms. The average molecular weight is 321 g/mol. The van der Waals surface area contributed by atoms with E-state index in [0.29, 0.717) is 31.3 Å². The van der Waals surface area contributed by atoms with Crippen LogP contribution < -0.4 is 0 Å². The van der Waals surface area contributed by atoms with Crippen molar-refractivity contribution in [3.05, 3.63) is 47.0 Å². The molecule has 1 unspecified atom stereocenters. The van der Waals surface area contributed by atoms with Crippen molar-refractivity contribution in [1.29, 1.82) is 0 Å². The second-order valence-corrected chi connectivity index (χ2v) is 5.83. The van der Waals surface area contributed by atoms with Crippen molar-refractivity contribution < 1.29 is 14.3 Å². The summed E-state index contributed by atoms with van der Waals surface area (Å²) < 4.78 is 5.55. The van der Waals surface area contributed by atoms with Gasteiger partial charge in [-0.15, -0.1) is 0 Å². The lowest BCUT2D eigenvalue weighted by molar-refractivity contribution is -0.153. The molecule has 0 radical (unpaired) electrons. The smallest absolute Gasteiger partial charge is 0.254 e. The van der Waals surface area contributed by atoms with Gasteiger partial charge in [0.1, 0.15) is 0 Å². The number of nitrogens with zero attached hydrogens (tertiary/aromatic N) is 2. The first-order valence-electron chi connectivity index (χ1n) is 7.18. The van der Waals surface area contributed by atoms with Crippen molar-refractivity contribution in [2.24, 2.45) is 0 Å². The number of hydrogen-bond acceptors (Lipinski definition) is 3. The van der Waals surface area contributed by atoms with Crippen molar-refractivity contribution in [3.8, 4) is 0 Å². The number of carbonyl (C=O) groups excluding carboxylic acids is 2. The van der Waals surface area contributed by atoms with Crippen molar-refractivity contribution in [1.82, 2.24) is 9.80 Å². The highest BCUT2D eigenvalue weighted by Crippen LogP contribution is 2.29. The van der Waals surface area contributed by atoms with Gasteiger partial charge in [-0.2, -0.15) is 0 Å². The van der Waals surface area contributed by atoms with Crippen LogP contribution in [0.15, 0.2) is 30.9 Å². The molecule has 0 bridgehead atoms. The van der Waals surface area contributed by atoms with E-state index >= 15 is 0 Å². The van der Waals surface area contributed by atoms with Crippen LogP contribution in [0, 0.1) is 0 Å². The van der Waals surface area contributed by atoms with Gasteiger partial charge in [-0.05, 0) is 23.3 Å². The van der Waals surface area contributed by atoms with Gasteiger partial charge < -0.3 is 14.5 Å². The molecule has 0 saturated carbocycles. The zero-order chi connectivity index (χ0) is 15.7. The second-order valence-electron chi connectivity index (χ2n) is 5.42. The fraction of sp³-hybridized carbons (Fsp3) is 0.375. The molecular weight excluding hydrogens is 304 g/mol. The molecule has 1 aromatic rings. The lowest BCUT2D eigenvalue weighted by atomic mass is 10.1. The quantitative estimate of drug-likeness (QED) is 0.778. The lowest BCUT2D eigenvalue weighted by Crippen LogP contribution is -2.51. The third-order valence-electron chi connectivity index (χ3n) is 4.07. The van der Waals surface area contributed by atoms with Crippen LogP contribution in [0.3, 0.4) is 0 Å². The van der Waals surface area contributed by atoms with Crippen LogP contribution in [0.5, 0.6) is 0 Å². The number of fused-ring (bicyclic) bond motifs is 1. The van der Waals surface area contributed by atoms with Gasteiger partial charge in [0.05, 0.1) is 13.2 Å². The minimum Gasteiger partial charge on any atom is -0.365 e. The predicted octanol–water partition coefficient (Wildman–Crippen LogP) is 1.60. The summed E-state index contributed by atoms with van der Waals surface area (Å²) in [5.41, 5.74) is 2.06. The van der Waals surface area contributed by atoms with E-state index in [1.807, 2.05) is 18.2 Å². The Kier molecular flexibility index (Phi) is 4.18. The first-order valence-corrected chi connectivity index (χ1v) is 7.56. The number of benzene rings is 1. The molecule has 3 rings (SSSR count). The Bertz CT molecular complexity index is 632. The Morgan fingerprint density at radius 2 is 2.14 bits per heavy atom. The molecule has 1 atom stereocenters. The maximum Gasteiger partial charge on any atom is 0.254 e. The molecule has 1 saturated heterocycles. The van der Waals surface area contributed by atoms with Crippen molar-refractivity contribution in [2.75, 3.05) is 19.7 Å². The maximum absolute atomic E-state index is 12.6. The molecule has 0 aliphatic carbocycles. The van der Waals surface area contributed by atoms with Gasteiger partial charge >= 0.3 is 0 Å². The molecule has 1 fully saturated rings. The van der Waals surface area contributed by atoms with Gasteiger partial charge in [0, 0.05) is 24.7 Å². The lowest BCUT2D eigenvalue weighted by Gasteiger charge is -2.33. The summed E-state index contributed by atoms with van der Waals surface area (Å²) >= 11 is 6.18. The highest BCUT2D eigenvalue weighted by Gasteiger charge is 2.34. The Hall–Kier alpha value is -1.85. The molecule has 0 N–H and O–H groups in total. The minimum atomic E-state index is -0.620. The van der Waals surface area contributed by atoms with Crippen LogP contribution in [0.1, 0.15) is 11.1 Å². The molecule has 116 valence electrons. The van der Waals surface area contributed by atoms with E-state index < -0.39 is 6.10 Å². The molecule has 6 heteroatoms. The molecule has 2 amide bonds. The highest BCUT2D eigenvalue weighted by atomic mass is 35.5. The number of ether oxygens (including phenoxy) is 1. The Morgan fingerprint density at radius 3 is 2.86 bits per heavy atom. The summed E-state index contributed by atoms with van der Waals surface area (Å²) in [5.74, 6) is -0.275. The molecule has 2 heterocycles. The Balaban J connectivity index is 1.69. The minimum absolute atomic E-state index is 0.103. The van der Waals surface area contributed by atoms with Crippen LogP contribution >= 0.6 is 11.6 Å². The van der Waals surface area contributed by atoms with Gasteiger partial charge in [0.2, 0.25) is 5.91 Å². The van der Waals surface area contributed by atoms with E-state index in [4.69, 9.17) is 16.3 Å². The molecule has 1 aromatic carbocycles. The number of morpholine rings is 1. The monoisotopic (exact) mass is 320 g/mol. The first kappa shape index (κ1) is 15.1. The normalized spacial score (nSPS) is 20.7. The predicted molar refractivity (Wildman–Crippen MR) is 82.2 cm³/mol. The summed E-state index contributed by atoms with van der Waals surface area (Å²) in [7, 11) is 0. The summed E-state index contributed by atoms with van der Waals surface area (Å²) in [6, 6.07) is 5.69. The third kappa shape index (κ3) is 2.74. The number of carbonyl (C=O) groups is 2. The topological polar surface area (TPSA) is 49.9 Å². The summed E-state index contributed by atoms with van der Waals surface area (Å²) in [6.45, 7) is 5.61. The fourth-order valence-corrected chi connectivity index (χ4v) is 3.12. The zero-order valence-corrected chi connectivity index (χ0v) is 12.9. The summed E-state index contributed by atoms with van der Waals surface area (Å²) in [6.07, 6.45) is 0.643. The Labute approximate surface area is 134 Å². The van der Waals surface area contributed by atoms with Crippen LogP contribution in [0.25, 0.3) is 0 Å². The van der Waals surface area contributed by atoms with Crippen molar-refractivity contribution in [2.45, 2.75) is 19.2 Å². The van der Waals surface area contributed by atoms with Gasteiger partial charge in [-0.3, -0.25) is 9.59 Å². The van der Waals surface area contributed by atoms with E-state index in [2.05, 4.69) is 6.58 Å². The van der Waals surface area contributed by atoms with E-state index in [1.165, 1.54) is 6.08 Å².